The fraction of sp³-hybridized carbons (Fsp3) is 0.833. The molecule has 0 aliphatic carbocycles. The number of carboxylic acids is 1. The first-order valence-electron chi connectivity index (χ1n) is 3.39. The molecule has 0 spiro atoms. The van der Waals surface area contributed by atoms with Gasteiger partial charge in [-0.05, 0) is 12.8 Å². The second-order valence-electron chi connectivity index (χ2n) is 2.51. The average Bonchev–Trinajstić information content (AvgIpc) is 2.32. The third-order valence-electron chi connectivity index (χ3n) is 1.83. The second-order valence-corrected chi connectivity index (χ2v) is 3.56. The van der Waals surface area contributed by atoms with E-state index in [0.717, 1.165) is 6.42 Å². The Morgan fingerprint density at radius 3 is 2.64 bits per heavy atom. The Kier molecular flexibility index (Phi) is 2.98. The molecule has 1 atom stereocenters. The van der Waals surface area contributed by atoms with Crippen molar-refractivity contribution in [3.8, 4) is 0 Å². The van der Waals surface area contributed by atoms with Crippen molar-refractivity contribution >= 4 is 29.2 Å². The number of aliphatic carboxylic acids is 1. The van der Waals surface area contributed by atoms with E-state index in [1.165, 1.54) is 0 Å². The van der Waals surface area contributed by atoms with Crippen molar-refractivity contribution in [2.24, 2.45) is 0 Å². The van der Waals surface area contributed by atoms with E-state index in [4.69, 9.17) is 28.3 Å². The average molecular weight is 198 g/mol. The highest BCUT2D eigenvalue weighted by atomic mass is 35.5. The van der Waals surface area contributed by atoms with Crippen LogP contribution in [0.4, 0.5) is 0 Å². The first-order chi connectivity index (χ1) is 5.13. The number of likely N-dealkylation sites (tertiary alicyclic amines) is 1. The lowest BCUT2D eigenvalue weighted by atomic mass is 10.2. The van der Waals surface area contributed by atoms with Crippen LogP contribution in [0.3, 0.4) is 0 Å². The molecule has 1 unspecified atom stereocenters. The maximum Gasteiger partial charge on any atom is 0.320 e. The standard InChI is InChI=1S/C6H9Cl2NO2/c7-6(8)9-3-1-2-4(9)5(10)11/h4,6H,1-3H2,(H,10,11). The normalized spacial score (nSPS) is 26.3. The summed E-state index contributed by atoms with van der Waals surface area (Å²) in [6.07, 6.45) is 1.50. The maximum atomic E-state index is 10.6. The topological polar surface area (TPSA) is 40.5 Å². The van der Waals surface area contributed by atoms with E-state index < -0.39 is 17.0 Å². The molecule has 1 aliphatic heterocycles. The van der Waals surface area contributed by atoms with Gasteiger partial charge in [0.2, 0.25) is 0 Å². The summed E-state index contributed by atoms with van der Waals surface area (Å²) in [6.45, 7) is 0.675. The number of carbonyl (C=O) groups is 1. The van der Waals surface area contributed by atoms with Crippen molar-refractivity contribution in [2.45, 2.75) is 23.8 Å². The van der Waals surface area contributed by atoms with Crippen molar-refractivity contribution in [1.82, 2.24) is 4.90 Å². The number of hydrogen-bond acceptors (Lipinski definition) is 2. The molecule has 0 aromatic heterocycles. The molecular formula is C6H9Cl2NO2. The Hall–Kier alpha value is 0.01000. The third kappa shape index (κ3) is 1.98. The second kappa shape index (κ2) is 3.61. The van der Waals surface area contributed by atoms with Gasteiger partial charge in [-0.1, -0.05) is 23.2 Å². The van der Waals surface area contributed by atoms with Gasteiger partial charge < -0.3 is 5.11 Å². The van der Waals surface area contributed by atoms with Crippen LogP contribution in [0.25, 0.3) is 0 Å². The number of halogens is 2. The summed E-state index contributed by atoms with van der Waals surface area (Å²) in [7, 11) is 0. The molecule has 0 aromatic rings. The molecule has 0 bridgehead atoms. The molecule has 64 valence electrons. The highest BCUT2D eigenvalue weighted by molar-refractivity contribution is 6.44. The van der Waals surface area contributed by atoms with Crippen LogP contribution in [0, 0.1) is 0 Å². The van der Waals surface area contributed by atoms with Crippen molar-refractivity contribution in [3.63, 3.8) is 0 Å². The zero-order chi connectivity index (χ0) is 8.43. The first-order valence-corrected chi connectivity index (χ1v) is 4.27. The lowest BCUT2D eigenvalue weighted by molar-refractivity contribution is -0.142. The largest absolute Gasteiger partial charge is 0.480 e. The molecule has 11 heavy (non-hydrogen) atoms. The van der Waals surface area contributed by atoms with Gasteiger partial charge in [0.15, 0.2) is 4.96 Å². The third-order valence-corrected chi connectivity index (χ3v) is 2.33. The van der Waals surface area contributed by atoms with Crippen LogP contribution in [0.5, 0.6) is 0 Å². The molecular weight excluding hydrogens is 189 g/mol. The minimum Gasteiger partial charge on any atom is -0.480 e. The van der Waals surface area contributed by atoms with Gasteiger partial charge in [-0.25, -0.2) is 0 Å². The van der Waals surface area contributed by atoms with Gasteiger partial charge >= 0.3 is 5.97 Å². The van der Waals surface area contributed by atoms with Gasteiger partial charge in [0, 0.05) is 6.54 Å². The molecule has 1 fully saturated rings. The van der Waals surface area contributed by atoms with E-state index in [2.05, 4.69) is 0 Å². The van der Waals surface area contributed by atoms with Crippen molar-refractivity contribution < 1.29 is 9.90 Å². The molecule has 0 amide bonds. The van der Waals surface area contributed by atoms with E-state index >= 15 is 0 Å². The highest BCUT2D eigenvalue weighted by Gasteiger charge is 2.33. The summed E-state index contributed by atoms with van der Waals surface area (Å²) < 4.78 is 0. The monoisotopic (exact) mass is 197 g/mol. The zero-order valence-corrected chi connectivity index (χ0v) is 7.35. The van der Waals surface area contributed by atoms with Crippen LogP contribution >= 0.6 is 23.2 Å². The van der Waals surface area contributed by atoms with Crippen LogP contribution in [-0.4, -0.2) is 33.5 Å². The van der Waals surface area contributed by atoms with Gasteiger partial charge in [-0.15, -0.1) is 0 Å². The summed E-state index contributed by atoms with van der Waals surface area (Å²) in [5.74, 6) is -0.839. The first kappa shape index (κ1) is 9.10. The van der Waals surface area contributed by atoms with Gasteiger partial charge in [0.05, 0.1) is 0 Å². The Labute approximate surface area is 74.9 Å². The number of rotatable bonds is 2. The van der Waals surface area contributed by atoms with Crippen molar-refractivity contribution in [2.75, 3.05) is 6.54 Å². The number of nitrogens with zero attached hydrogens (tertiary/aromatic N) is 1. The van der Waals surface area contributed by atoms with Gasteiger partial charge in [-0.3, -0.25) is 9.69 Å². The Bertz CT molecular complexity index is 163. The molecule has 0 aromatic carbocycles. The molecule has 1 rings (SSSR count). The van der Waals surface area contributed by atoms with E-state index in [-0.39, 0.29) is 0 Å². The van der Waals surface area contributed by atoms with Crippen molar-refractivity contribution in [1.29, 1.82) is 0 Å². The molecule has 1 aliphatic rings. The van der Waals surface area contributed by atoms with Gasteiger partial charge in [0.1, 0.15) is 6.04 Å². The summed E-state index contributed by atoms with van der Waals surface area (Å²) in [5.41, 5.74) is 0. The molecule has 1 heterocycles. The predicted molar refractivity (Wildman–Crippen MR) is 42.9 cm³/mol. The van der Waals surface area contributed by atoms with Crippen LogP contribution in [0.1, 0.15) is 12.8 Å². The molecule has 0 radical (unpaired) electrons. The fourth-order valence-corrected chi connectivity index (χ4v) is 1.76. The Morgan fingerprint density at radius 2 is 2.27 bits per heavy atom. The van der Waals surface area contributed by atoms with E-state index in [0.29, 0.717) is 13.0 Å². The van der Waals surface area contributed by atoms with Gasteiger partial charge in [0.25, 0.3) is 0 Å². The van der Waals surface area contributed by atoms with Crippen LogP contribution < -0.4 is 0 Å². The number of carboxylic acid groups (broad SMARTS) is 1. The summed E-state index contributed by atoms with van der Waals surface area (Å²) in [6, 6.07) is -0.491. The molecule has 0 saturated carbocycles. The zero-order valence-electron chi connectivity index (χ0n) is 5.83. The summed E-state index contributed by atoms with van der Waals surface area (Å²) >= 11 is 11.1. The molecule has 1 saturated heterocycles. The number of hydrogen-bond donors (Lipinski definition) is 1. The van der Waals surface area contributed by atoms with Crippen LogP contribution in [-0.2, 0) is 4.79 Å². The lowest BCUT2D eigenvalue weighted by Gasteiger charge is -2.21. The SMILES string of the molecule is O=C(O)C1CCCN1C(Cl)Cl. The fourth-order valence-electron chi connectivity index (χ4n) is 1.29. The Balaban J connectivity index is 2.58. The van der Waals surface area contributed by atoms with Gasteiger partial charge in [-0.2, -0.15) is 0 Å². The maximum absolute atomic E-state index is 10.6. The number of alkyl halides is 2. The minimum atomic E-state index is -0.839. The smallest absolute Gasteiger partial charge is 0.320 e. The van der Waals surface area contributed by atoms with E-state index in [1.54, 1.807) is 4.90 Å². The Morgan fingerprint density at radius 1 is 1.64 bits per heavy atom. The minimum absolute atomic E-state index is 0.491. The van der Waals surface area contributed by atoms with Crippen LogP contribution in [0.2, 0.25) is 0 Å². The van der Waals surface area contributed by atoms with E-state index in [9.17, 15) is 4.79 Å². The highest BCUT2D eigenvalue weighted by Crippen LogP contribution is 2.23. The quantitative estimate of drug-likeness (QED) is 0.536. The van der Waals surface area contributed by atoms with E-state index in [1.807, 2.05) is 0 Å². The van der Waals surface area contributed by atoms with Crippen LogP contribution in [0.15, 0.2) is 0 Å². The molecule has 1 N–H and O–H groups in total. The lowest BCUT2D eigenvalue weighted by Crippen LogP contribution is -2.38. The molecule has 3 nitrogen and oxygen atoms in total. The summed E-state index contributed by atoms with van der Waals surface area (Å²) in [5, 5.41) is 8.67. The summed E-state index contributed by atoms with van der Waals surface area (Å²) in [4.78, 5) is 11.4. The predicted octanol–water partition coefficient (Wildman–Crippen LogP) is 1.30. The molecule has 5 heteroatoms. The van der Waals surface area contributed by atoms with Crippen molar-refractivity contribution in [3.05, 3.63) is 0 Å².